The largest absolute Gasteiger partial charge is 0.343 e. The number of hydrogen-bond donors (Lipinski definition) is 2. The first-order valence-corrected chi connectivity index (χ1v) is 9.60. The van der Waals surface area contributed by atoms with E-state index < -0.39 is 6.04 Å². The van der Waals surface area contributed by atoms with Crippen LogP contribution >= 0.6 is 11.6 Å². The predicted octanol–water partition coefficient (Wildman–Crippen LogP) is 3.33. The van der Waals surface area contributed by atoms with Gasteiger partial charge in [-0.2, -0.15) is 0 Å². The van der Waals surface area contributed by atoms with Gasteiger partial charge in [-0.3, -0.25) is 9.59 Å². The third-order valence-corrected chi connectivity index (χ3v) is 5.06. The van der Waals surface area contributed by atoms with E-state index in [-0.39, 0.29) is 18.4 Å². The van der Waals surface area contributed by atoms with Gasteiger partial charge in [-0.25, -0.2) is 4.98 Å². The van der Waals surface area contributed by atoms with Gasteiger partial charge < -0.3 is 15.2 Å². The number of nitrogens with one attached hydrogen (secondary N) is 2. The quantitative estimate of drug-likeness (QED) is 0.654. The SMILES string of the molecule is Cc1ccc(C(=O)NCC(=O)N[C@@H](c2ccc(Cl)cc2)c2nccn2C)cc1C. The molecule has 1 heterocycles. The molecular weight excluding hydrogens is 388 g/mol. The molecule has 0 aliphatic heterocycles. The Morgan fingerprint density at radius 2 is 1.83 bits per heavy atom. The van der Waals surface area contributed by atoms with Gasteiger partial charge in [0.25, 0.3) is 5.91 Å². The van der Waals surface area contributed by atoms with Crippen molar-refractivity contribution < 1.29 is 9.59 Å². The minimum absolute atomic E-state index is 0.139. The summed E-state index contributed by atoms with van der Waals surface area (Å²) in [6.07, 6.45) is 3.48. The van der Waals surface area contributed by atoms with Crippen molar-refractivity contribution in [2.75, 3.05) is 6.54 Å². The highest BCUT2D eigenvalue weighted by Gasteiger charge is 2.21. The summed E-state index contributed by atoms with van der Waals surface area (Å²) in [5.41, 5.74) is 3.51. The third-order valence-electron chi connectivity index (χ3n) is 4.80. The average Bonchev–Trinajstić information content (AvgIpc) is 3.12. The van der Waals surface area contributed by atoms with Crippen molar-refractivity contribution in [1.29, 1.82) is 0 Å². The zero-order valence-electron chi connectivity index (χ0n) is 16.6. The monoisotopic (exact) mass is 410 g/mol. The van der Waals surface area contributed by atoms with Crippen LogP contribution in [0.2, 0.25) is 5.02 Å². The summed E-state index contributed by atoms with van der Waals surface area (Å²) in [4.78, 5) is 29.3. The first-order chi connectivity index (χ1) is 13.8. The van der Waals surface area contributed by atoms with Crippen molar-refractivity contribution >= 4 is 23.4 Å². The minimum atomic E-state index is -0.460. The van der Waals surface area contributed by atoms with Crippen molar-refractivity contribution in [2.24, 2.45) is 7.05 Å². The number of halogens is 1. The lowest BCUT2D eigenvalue weighted by Gasteiger charge is -2.19. The number of aryl methyl sites for hydroxylation is 3. The zero-order valence-corrected chi connectivity index (χ0v) is 17.3. The van der Waals surface area contributed by atoms with E-state index >= 15 is 0 Å². The molecule has 0 saturated carbocycles. The normalized spacial score (nSPS) is 11.7. The molecule has 1 atom stereocenters. The molecule has 6 nitrogen and oxygen atoms in total. The van der Waals surface area contributed by atoms with Crippen LogP contribution in [-0.2, 0) is 11.8 Å². The molecule has 1 aromatic heterocycles. The van der Waals surface area contributed by atoms with Crippen LogP contribution in [0.25, 0.3) is 0 Å². The lowest BCUT2D eigenvalue weighted by Crippen LogP contribution is -2.39. The second-order valence-corrected chi connectivity index (χ2v) is 7.37. The Balaban J connectivity index is 1.70. The molecule has 2 N–H and O–H groups in total. The first-order valence-electron chi connectivity index (χ1n) is 9.22. The lowest BCUT2D eigenvalue weighted by atomic mass is 10.1. The number of benzene rings is 2. The fourth-order valence-electron chi connectivity index (χ4n) is 2.96. The topological polar surface area (TPSA) is 76.0 Å². The molecule has 2 amide bonds. The maximum Gasteiger partial charge on any atom is 0.251 e. The van der Waals surface area contributed by atoms with Crippen LogP contribution in [0, 0.1) is 13.8 Å². The number of amides is 2. The van der Waals surface area contributed by atoms with Gasteiger partial charge >= 0.3 is 0 Å². The van der Waals surface area contributed by atoms with E-state index in [0.717, 1.165) is 16.7 Å². The molecule has 0 fully saturated rings. The van der Waals surface area contributed by atoms with E-state index in [2.05, 4.69) is 15.6 Å². The molecule has 150 valence electrons. The van der Waals surface area contributed by atoms with Gasteiger partial charge in [-0.15, -0.1) is 0 Å². The van der Waals surface area contributed by atoms with E-state index in [1.165, 1.54) is 0 Å². The summed E-state index contributed by atoms with van der Waals surface area (Å²) in [7, 11) is 1.86. The molecular formula is C22H23ClN4O2. The van der Waals surface area contributed by atoms with Crippen molar-refractivity contribution in [3.63, 3.8) is 0 Å². The van der Waals surface area contributed by atoms with Crippen LogP contribution in [0.5, 0.6) is 0 Å². The number of imidazole rings is 1. The molecule has 2 aromatic carbocycles. The van der Waals surface area contributed by atoms with Crippen molar-refractivity contribution in [1.82, 2.24) is 20.2 Å². The highest BCUT2D eigenvalue weighted by molar-refractivity contribution is 6.30. The van der Waals surface area contributed by atoms with Crippen LogP contribution in [0.1, 0.15) is 38.9 Å². The molecule has 3 rings (SSSR count). The fraction of sp³-hybridized carbons (Fsp3) is 0.227. The van der Waals surface area contributed by atoms with Gasteiger partial charge in [0.15, 0.2) is 0 Å². The summed E-state index contributed by atoms with van der Waals surface area (Å²) >= 11 is 5.99. The Morgan fingerprint density at radius 3 is 2.45 bits per heavy atom. The van der Waals surface area contributed by atoms with Gasteiger partial charge in [0.05, 0.1) is 6.54 Å². The lowest BCUT2D eigenvalue weighted by molar-refractivity contribution is -0.120. The zero-order chi connectivity index (χ0) is 21.0. The molecule has 29 heavy (non-hydrogen) atoms. The Bertz CT molecular complexity index is 1030. The number of rotatable bonds is 6. The van der Waals surface area contributed by atoms with Gasteiger partial charge in [0, 0.05) is 30.0 Å². The Morgan fingerprint density at radius 1 is 1.10 bits per heavy atom. The summed E-state index contributed by atoms with van der Waals surface area (Å²) < 4.78 is 1.84. The Hall–Kier alpha value is -3.12. The number of hydrogen-bond acceptors (Lipinski definition) is 3. The van der Waals surface area contributed by atoms with Crippen molar-refractivity contribution in [2.45, 2.75) is 19.9 Å². The van der Waals surface area contributed by atoms with Gasteiger partial charge in [0.1, 0.15) is 11.9 Å². The van der Waals surface area contributed by atoms with Crippen LogP contribution in [-0.4, -0.2) is 27.9 Å². The molecule has 0 radical (unpaired) electrons. The molecule has 3 aromatic rings. The van der Waals surface area contributed by atoms with E-state index in [1.54, 1.807) is 24.4 Å². The smallest absolute Gasteiger partial charge is 0.251 e. The average molecular weight is 411 g/mol. The molecule has 0 spiro atoms. The summed E-state index contributed by atoms with van der Waals surface area (Å²) in [5.74, 6) is 0.0783. The van der Waals surface area contributed by atoms with Crippen LogP contribution in [0.3, 0.4) is 0 Å². The number of aromatic nitrogens is 2. The Kier molecular flexibility index (Phi) is 6.34. The molecule has 7 heteroatoms. The first kappa shape index (κ1) is 20.6. The van der Waals surface area contributed by atoms with E-state index in [9.17, 15) is 9.59 Å². The maximum atomic E-state index is 12.6. The second kappa shape index (κ2) is 8.92. The molecule has 0 aliphatic rings. The summed E-state index contributed by atoms with van der Waals surface area (Å²) in [6, 6.07) is 12.2. The standard InChI is InChI=1S/C22H23ClN4O2/c1-14-4-5-17(12-15(14)2)22(29)25-13-19(28)26-20(21-24-10-11-27(21)3)16-6-8-18(23)9-7-16/h4-12,20H,13H2,1-3H3,(H,25,29)(H,26,28)/t20-/m0/s1. The van der Waals surface area contributed by atoms with Gasteiger partial charge in [-0.05, 0) is 54.8 Å². The molecule has 0 saturated heterocycles. The molecule has 0 aliphatic carbocycles. The Labute approximate surface area is 174 Å². The molecule has 0 unspecified atom stereocenters. The van der Waals surface area contributed by atoms with Crippen molar-refractivity contribution in [3.8, 4) is 0 Å². The number of carbonyl (C=O) groups excluding carboxylic acids is 2. The minimum Gasteiger partial charge on any atom is -0.343 e. The van der Waals surface area contributed by atoms with Crippen LogP contribution < -0.4 is 10.6 Å². The van der Waals surface area contributed by atoms with E-state index in [1.807, 2.05) is 55.9 Å². The predicted molar refractivity (Wildman–Crippen MR) is 113 cm³/mol. The van der Waals surface area contributed by atoms with E-state index in [4.69, 9.17) is 11.6 Å². The van der Waals surface area contributed by atoms with Crippen LogP contribution in [0.15, 0.2) is 54.9 Å². The highest BCUT2D eigenvalue weighted by Crippen LogP contribution is 2.22. The summed E-state index contributed by atoms with van der Waals surface area (Å²) in [6.45, 7) is 3.79. The van der Waals surface area contributed by atoms with E-state index in [0.29, 0.717) is 16.4 Å². The maximum absolute atomic E-state index is 12.6. The van der Waals surface area contributed by atoms with Gasteiger partial charge in [-0.1, -0.05) is 29.8 Å². The van der Waals surface area contributed by atoms with Crippen LogP contribution in [0.4, 0.5) is 0 Å². The van der Waals surface area contributed by atoms with Crippen molar-refractivity contribution in [3.05, 3.63) is 88.0 Å². The molecule has 0 bridgehead atoms. The number of carbonyl (C=O) groups is 2. The number of nitrogens with zero attached hydrogens (tertiary/aromatic N) is 2. The summed E-state index contributed by atoms with van der Waals surface area (Å²) in [5, 5.41) is 6.23. The third kappa shape index (κ3) is 5.03. The highest BCUT2D eigenvalue weighted by atomic mass is 35.5. The van der Waals surface area contributed by atoms with Gasteiger partial charge in [0.2, 0.25) is 5.91 Å². The second-order valence-electron chi connectivity index (χ2n) is 6.93. The fourth-order valence-corrected chi connectivity index (χ4v) is 3.09.